The molecular formula is C37H42F2N4O6. The number of ketones is 1. The van der Waals surface area contributed by atoms with Crippen LogP contribution in [0, 0.1) is 23.5 Å². The number of halogens is 2. The van der Waals surface area contributed by atoms with Gasteiger partial charge in [0.2, 0.25) is 5.88 Å². The van der Waals surface area contributed by atoms with Crippen molar-refractivity contribution in [1.82, 2.24) is 9.97 Å². The van der Waals surface area contributed by atoms with Crippen LogP contribution < -0.4 is 10.2 Å². The average molecular weight is 677 g/mol. The molecule has 0 bridgehead atoms. The number of nitrogens with zero attached hydrogens (tertiary/aromatic N) is 3. The van der Waals surface area contributed by atoms with Crippen molar-refractivity contribution >= 4 is 40.5 Å². The van der Waals surface area contributed by atoms with Crippen molar-refractivity contribution in [3.05, 3.63) is 71.7 Å². The number of ether oxygens (including phenoxy) is 2. The summed E-state index contributed by atoms with van der Waals surface area (Å²) in [6.45, 7) is 14.0. The Bertz CT molecular complexity index is 1860. The molecule has 0 saturated carbocycles. The summed E-state index contributed by atoms with van der Waals surface area (Å²) in [5, 5.41) is 2.52. The average Bonchev–Trinajstić information content (AvgIpc) is 3.32. The normalized spacial score (nSPS) is 16.8. The van der Waals surface area contributed by atoms with E-state index in [1.165, 1.54) is 18.3 Å². The lowest BCUT2D eigenvalue weighted by Gasteiger charge is -2.38. The van der Waals surface area contributed by atoms with Gasteiger partial charge in [-0.1, -0.05) is 13.0 Å². The number of aromatic nitrogens is 2. The van der Waals surface area contributed by atoms with Crippen LogP contribution in [0.3, 0.4) is 0 Å². The fourth-order valence-electron chi connectivity index (χ4n) is 6.20. The molecule has 4 aromatic rings. The molecule has 12 heteroatoms. The Hall–Kier alpha value is -4.87. The Balaban J connectivity index is 1.47. The van der Waals surface area contributed by atoms with Crippen LogP contribution >= 0.6 is 0 Å². The minimum Gasteiger partial charge on any atom is -0.460 e. The number of hydrogen-bond donors (Lipinski definition) is 1. The molecule has 0 spiro atoms. The van der Waals surface area contributed by atoms with Crippen LogP contribution in [-0.4, -0.2) is 52.1 Å². The van der Waals surface area contributed by atoms with Crippen LogP contribution in [0.5, 0.6) is 0 Å². The van der Waals surface area contributed by atoms with Gasteiger partial charge in [0.1, 0.15) is 33.9 Å². The SMILES string of the molecule is C[C@@H]1C[C@H](CC(=O)OC(C)(C)C)CN(c2ccncc2CC(=O)c2c(NC(=O)OC(C)(C)C)oc3cc(-c4c(F)cccc4F)cnc23)C1. The standard InChI is InChI=1S/C37H42F2N4O6/c1-21-13-22(14-30(45)48-36(2,3)4)20-43(19-21)27-11-12-40-17-23(27)15-28(44)32-33-29(47-34(32)42-35(46)49-37(5,6)7)16-24(18-41-33)31-25(38)9-8-10-26(31)39/h8-12,16-18,21-22H,13-15,19-20H2,1-7H3,(H,42,46)/t21-,22-/m1/s1. The van der Waals surface area contributed by atoms with E-state index in [1.54, 1.807) is 33.2 Å². The predicted molar refractivity (Wildman–Crippen MR) is 181 cm³/mol. The van der Waals surface area contributed by atoms with E-state index in [0.29, 0.717) is 18.7 Å². The number of pyridine rings is 2. The van der Waals surface area contributed by atoms with Gasteiger partial charge in [-0.25, -0.2) is 13.6 Å². The Labute approximate surface area is 284 Å². The van der Waals surface area contributed by atoms with E-state index < -0.39 is 34.7 Å². The van der Waals surface area contributed by atoms with Gasteiger partial charge >= 0.3 is 12.1 Å². The second-order valence-corrected chi connectivity index (χ2v) is 14.6. The van der Waals surface area contributed by atoms with Crippen molar-refractivity contribution in [2.45, 2.75) is 78.9 Å². The molecule has 1 aromatic carbocycles. The number of esters is 1. The number of nitrogens with one attached hydrogen (secondary N) is 1. The molecule has 10 nitrogen and oxygen atoms in total. The lowest BCUT2D eigenvalue weighted by Crippen LogP contribution is -2.41. The van der Waals surface area contributed by atoms with Gasteiger partial charge in [0.15, 0.2) is 11.4 Å². The quantitative estimate of drug-likeness (QED) is 0.146. The number of piperidine rings is 1. The highest BCUT2D eigenvalue weighted by atomic mass is 19.1. The zero-order valence-electron chi connectivity index (χ0n) is 28.9. The zero-order valence-corrected chi connectivity index (χ0v) is 28.9. The van der Waals surface area contributed by atoms with E-state index in [9.17, 15) is 23.2 Å². The topological polar surface area (TPSA) is 124 Å². The molecule has 4 heterocycles. The third-order valence-electron chi connectivity index (χ3n) is 7.86. The van der Waals surface area contributed by atoms with Crippen molar-refractivity contribution in [3.63, 3.8) is 0 Å². The van der Waals surface area contributed by atoms with E-state index >= 15 is 0 Å². The smallest absolute Gasteiger partial charge is 0.414 e. The summed E-state index contributed by atoms with van der Waals surface area (Å²) in [7, 11) is 0. The second-order valence-electron chi connectivity index (χ2n) is 14.6. The number of benzene rings is 1. The summed E-state index contributed by atoms with van der Waals surface area (Å²) in [6, 6.07) is 6.72. The van der Waals surface area contributed by atoms with Gasteiger partial charge in [-0.05, 0) is 84.1 Å². The van der Waals surface area contributed by atoms with Crippen molar-refractivity contribution < 1.29 is 37.1 Å². The number of fused-ring (bicyclic) bond motifs is 1. The van der Waals surface area contributed by atoms with Gasteiger partial charge in [0.25, 0.3) is 0 Å². The van der Waals surface area contributed by atoms with E-state index in [4.69, 9.17) is 13.9 Å². The molecule has 0 unspecified atom stereocenters. The summed E-state index contributed by atoms with van der Waals surface area (Å²) in [5.74, 6) is -2.15. The van der Waals surface area contributed by atoms with Gasteiger partial charge in [-0.15, -0.1) is 0 Å². The first-order valence-electron chi connectivity index (χ1n) is 16.3. The van der Waals surface area contributed by atoms with Gasteiger partial charge in [0, 0.05) is 54.9 Å². The molecule has 1 aliphatic rings. The molecule has 0 radical (unpaired) electrons. The predicted octanol–water partition coefficient (Wildman–Crippen LogP) is 8.13. The van der Waals surface area contributed by atoms with Crippen LogP contribution in [0.1, 0.15) is 77.2 Å². The molecule has 49 heavy (non-hydrogen) atoms. The fraction of sp³-hybridized carbons (Fsp3) is 0.432. The number of carbonyl (C=O) groups excluding carboxylic acids is 3. The number of anilines is 2. The molecule has 0 aliphatic carbocycles. The first-order chi connectivity index (χ1) is 23.0. The van der Waals surface area contributed by atoms with E-state index in [-0.39, 0.29) is 64.3 Å². The van der Waals surface area contributed by atoms with Gasteiger partial charge in [0.05, 0.1) is 12.0 Å². The van der Waals surface area contributed by atoms with E-state index in [0.717, 1.165) is 24.2 Å². The highest BCUT2D eigenvalue weighted by Crippen LogP contribution is 2.36. The van der Waals surface area contributed by atoms with Crippen molar-refractivity contribution in [2.75, 3.05) is 23.3 Å². The molecule has 1 saturated heterocycles. The fourth-order valence-corrected chi connectivity index (χ4v) is 6.20. The highest BCUT2D eigenvalue weighted by molar-refractivity contribution is 6.13. The number of Topliss-reactive ketones (excluding diaryl/α,β-unsaturated/α-hetero) is 1. The lowest BCUT2D eigenvalue weighted by atomic mass is 9.87. The Kier molecular flexibility index (Phi) is 10.1. The van der Waals surface area contributed by atoms with Crippen molar-refractivity contribution in [3.8, 4) is 11.1 Å². The third-order valence-corrected chi connectivity index (χ3v) is 7.86. The first-order valence-corrected chi connectivity index (χ1v) is 16.3. The van der Waals surface area contributed by atoms with Crippen LogP contribution in [-0.2, 0) is 20.7 Å². The Morgan fingerprint density at radius 3 is 2.37 bits per heavy atom. The molecule has 5 rings (SSSR count). The minimum atomic E-state index is -0.860. The van der Waals surface area contributed by atoms with Gasteiger partial charge < -0.3 is 18.8 Å². The number of rotatable bonds is 8. The summed E-state index contributed by atoms with van der Waals surface area (Å²) >= 11 is 0. The number of carbonyl (C=O) groups is 3. The summed E-state index contributed by atoms with van der Waals surface area (Å²) < 4.78 is 46.2. The molecule has 1 N–H and O–H groups in total. The third kappa shape index (κ3) is 8.79. The maximum atomic E-state index is 14.6. The monoisotopic (exact) mass is 676 g/mol. The van der Waals surface area contributed by atoms with Crippen LogP contribution in [0.2, 0.25) is 0 Å². The maximum absolute atomic E-state index is 14.6. The number of furan rings is 1. The van der Waals surface area contributed by atoms with E-state index in [2.05, 4.69) is 27.1 Å². The number of hydrogen-bond acceptors (Lipinski definition) is 9. The number of amides is 1. The molecule has 1 aliphatic heterocycles. The summed E-state index contributed by atoms with van der Waals surface area (Å²) in [4.78, 5) is 50.5. The zero-order chi connectivity index (χ0) is 35.7. The summed E-state index contributed by atoms with van der Waals surface area (Å²) in [6.07, 6.45) is 4.67. The molecule has 2 atom stereocenters. The molecule has 1 amide bonds. The van der Waals surface area contributed by atoms with Crippen LogP contribution in [0.15, 0.2) is 53.3 Å². The summed E-state index contributed by atoms with van der Waals surface area (Å²) in [5.41, 5.74) is -0.0880. The highest BCUT2D eigenvalue weighted by Gasteiger charge is 2.31. The van der Waals surface area contributed by atoms with E-state index in [1.807, 2.05) is 26.8 Å². The molecular weight excluding hydrogens is 634 g/mol. The molecule has 1 fully saturated rings. The Morgan fingerprint density at radius 2 is 1.69 bits per heavy atom. The second kappa shape index (κ2) is 13.9. The van der Waals surface area contributed by atoms with Crippen molar-refractivity contribution in [2.24, 2.45) is 11.8 Å². The Morgan fingerprint density at radius 1 is 1.00 bits per heavy atom. The lowest BCUT2D eigenvalue weighted by molar-refractivity contribution is -0.156. The molecule has 260 valence electrons. The minimum absolute atomic E-state index is 0.0222. The van der Waals surface area contributed by atoms with Crippen LogP contribution in [0.25, 0.3) is 22.2 Å². The van der Waals surface area contributed by atoms with Gasteiger partial charge in [-0.3, -0.25) is 24.9 Å². The van der Waals surface area contributed by atoms with Gasteiger partial charge in [-0.2, -0.15) is 0 Å². The molecule has 3 aromatic heterocycles. The first kappa shape index (κ1) is 35.4. The maximum Gasteiger partial charge on any atom is 0.414 e. The van der Waals surface area contributed by atoms with Crippen LogP contribution in [0.4, 0.5) is 25.1 Å². The van der Waals surface area contributed by atoms with Crippen molar-refractivity contribution in [1.29, 1.82) is 0 Å². The largest absolute Gasteiger partial charge is 0.460 e.